The first kappa shape index (κ1) is 106. The Morgan fingerprint density at radius 1 is 0.308 bits per heavy atom. The number of benzene rings is 11. The minimum Gasteiger partial charge on any atom is -0.444 e. The van der Waals surface area contributed by atoms with Gasteiger partial charge in [0.2, 0.25) is 50.1 Å². The van der Waals surface area contributed by atoms with Crippen LogP contribution in [-0.4, -0.2) is 204 Å². The number of sulfone groups is 1. The van der Waals surface area contributed by atoms with Crippen molar-refractivity contribution in [3.8, 4) is 0 Å². The van der Waals surface area contributed by atoms with E-state index in [-0.39, 0.29) is 133 Å². The number of carbonyl (C=O) groups is 5. The van der Waals surface area contributed by atoms with Gasteiger partial charge in [0, 0.05) is 144 Å². The number of cyclic esters (lactones) is 5. The minimum absolute atomic E-state index is 0.00615. The van der Waals surface area contributed by atoms with Gasteiger partial charge in [-0.2, -0.15) is 17.2 Å². The van der Waals surface area contributed by atoms with Crippen LogP contribution in [0.1, 0.15) is 114 Å². The predicted octanol–water partition coefficient (Wildman–Crippen LogP) is 18.8. The van der Waals surface area contributed by atoms with E-state index in [1.54, 1.807) is 95.5 Å². The van der Waals surface area contributed by atoms with Gasteiger partial charge in [-0.25, -0.2) is 83.2 Å². The molecule has 770 valence electrons. The molecule has 0 aliphatic carbocycles. The zero-order valence-electron chi connectivity index (χ0n) is 80.2. The molecule has 0 aromatic heterocycles. The Hall–Kier alpha value is -11.5. The normalized spacial score (nSPS) is 18.5. The third kappa shape index (κ3) is 23.2. The summed E-state index contributed by atoms with van der Waals surface area (Å²) in [7, 11) is -21.4. The molecule has 5 saturated heterocycles. The third-order valence-electron chi connectivity index (χ3n) is 27.7. The topological polar surface area (TPSA) is 369 Å². The lowest BCUT2D eigenvalue weighted by Crippen LogP contribution is -2.50. The molecule has 0 radical (unpaired) electrons. The molecule has 0 N–H and O–H groups in total. The first-order chi connectivity index (χ1) is 69.7. The van der Waals surface area contributed by atoms with E-state index in [0.29, 0.717) is 118 Å². The smallest absolute Gasteiger partial charge is 0.414 e. The van der Waals surface area contributed by atoms with Crippen LogP contribution in [0.5, 0.6) is 0 Å². The summed E-state index contributed by atoms with van der Waals surface area (Å²) >= 11 is 15.4. The molecule has 0 saturated carbocycles. The maximum atomic E-state index is 13.3. The Balaban J connectivity index is 0.000000125. The number of nitrogens with zero attached hydrogens (tertiary/aromatic N) is 10. The fraction of sp³-hybridized carbons (Fsp3) is 0.337. The lowest BCUT2D eigenvalue weighted by molar-refractivity contribution is 0.135. The number of para-hydroxylation sites is 3. The molecule has 21 rings (SSSR count). The Morgan fingerprint density at radius 3 is 0.966 bits per heavy atom. The molecule has 11 aromatic rings. The van der Waals surface area contributed by atoms with E-state index in [2.05, 4.69) is 15.9 Å². The van der Waals surface area contributed by atoms with Crippen LogP contribution in [0.3, 0.4) is 0 Å². The summed E-state index contributed by atoms with van der Waals surface area (Å²) in [6.45, 7) is 10.4. The van der Waals surface area contributed by atoms with E-state index in [1.165, 1.54) is 53.6 Å². The van der Waals surface area contributed by atoms with Crippen molar-refractivity contribution >= 4 is 169 Å². The van der Waals surface area contributed by atoms with E-state index in [4.69, 9.17) is 46.9 Å². The van der Waals surface area contributed by atoms with Crippen LogP contribution < -0.4 is 24.5 Å². The number of rotatable bonds is 17. The van der Waals surface area contributed by atoms with Gasteiger partial charge in [0.1, 0.15) is 38.9 Å². The quantitative estimate of drug-likeness (QED) is 0.0764. The SMILES string of the molecule is CS(=O)(=O)c1ccc(S(=O)(=O)N2CCC(N3C(=O)OCc4cc(Cl)ccc43)CC2)cc1.Cc1cccc2c1N(C1CCN(S(=O)(=O)Cc3ccccc3)CC1)C(=O)OC2.Cc1cccc2c1N(C1CCN(S(=O)(=O)c3ccc(F)cc3)CC1)C(=O)OC2.Cc1cccc2c1N(C1CCN(S(=O)(=O)c3ccc4ccccc4c3)CC1)C(=O)OC2.O=C1OCc2cc(Cl)ccc2N1C1CCN(S(=O)(=O)c2ccc(Br)cc2)CC1. The molecule has 42 heteroatoms. The van der Waals surface area contributed by atoms with Crippen molar-refractivity contribution in [1.29, 1.82) is 0 Å². The summed E-state index contributed by atoms with van der Waals surface area (Å²) < 4.78 is 200. The van der Waals surface area contributed by atoms with Crippen molar-refractivity contribution < 1.29 is 103 Å². The van der Waals surface area contributed by atoms with Crippen molar-refractivity contribution in [2.45, 2.75) is 178 Å². The summed E-state index contributed by atoms with van der Waals surface area (Å²) in [6.07, 6.45) is 4.42. The molecular weight excluding hydrogens is 2100 g/mol. The van der Waals surface area contributed by atoms with Crippen molar-refractivity contribution in [2.75, 3.05) is 96.2 Å². The second-order valence-electron chi connectivity index (χ2n) is 37.0. The fourth-order valence-corrected chi connectivity index (χ4v) is 28.9. The number of anilines is 5. The summed E-state index contributed by atoms with van der Waals surface area (Å²) in [5, 5.41) is 3.06. The fourth-order valence-electron chi connectivity index (χ4n) is 20.2. The highest BCUT2D eigenvalue weighted by atomic mass is 79.9. The van der Waals surface area contributed by atoms with Crippen LogP contribution in [0.15, 0.2) is 266 Å². The highest BCUT2D eigenvalue weighted by molar-refractivity contribution is 9.10. The molecule has 0 bridgehead atoms. The number of aryl methyl sites for hydroxylation is 3. The van der Waals surface area contributed by atoms with Crippen LogP contribution in [0.2, 0.25) is 10.0 Å². The second-order valence-corrected chi connectivity index (χ2v) is 50.5. The van der Waals surface area contributed by atoms with Crippen LogP contribution in [0.25, 0.3) is 10.8 Å². The van der Waals surface area contributed by atoms with Crippen LogP contribution >= 0.6 is 39.1 Å². The van der Waals surface area contributed by atoms with Crippen molar-refractivity contribution in [1.82, 2.24) is 21.5 Å². The van der Waals surface area contributed by atoms with E-state index in [1.807, 2.05) is 142 Å². The Kier molecular flexibility index (Phi) is 32.3. The second kappa shape index (κ2) is 44.5. The molecule has 0 spiro atoms. The van der Waals surface area contributed by atoms with Crippen LogP contribution in [-0.2, 0) is 122 Å². The van der Waals surface area contributed by atoms with Crippen molar-refractivity contribution in [3.63, 3.8) is 0 Å². The number of fused-ring (bicyclic) bond motifs is 6. The maximum absolute atomic E-state index is 13.3. The molecule has 10 aliphatic heterocycles. The molecule has 0 atom stereocenters. The van der Waals surface area contributed by atoms with Gasteiger partial charge in [-0.3, -0.25) is 24.5 Å². The number of hydrogen-bond donors (Lipinski definition) is 0. The monoisotopic (exact) mass is 2210 g/mol. The zero-order valence-corrected chi connectivity index (χ0v) is 88.2. The average Bonchev–Trinajstić information content (AvgIpc) is 0.760. The van der Waals surface area contributed by atoms with E-state index < -0.39 is 78.0 Å². The van der Waals surface area contributed by atoms with Gasteiger partial charge in [0.25, 0.3) is 0 Å². The average molecular weight is 2210 g/mol. The number of carbonyl (C=O) groups excluding carboxylic acids is 5. The van der Waals surface area contributed by atoms with E-state index in [9.17, 15) is 78.9 Å². The van der Waals surface area contributed by atoms with Crippen LogP contribution in [0, 0.1) is 26.6 Å². The van der Waals surface area contributed by atoms with Crippen molar-refractivity contribution in [3.05, 3.63) is 307 Å². The highest BCUT2D eigenvalue weighted by Crippen LogP contribution is 2.43. The summed E-state index contributed by atoms with van der Waals surface area (Å²) in [5.41, 5.74) is 12.7. The van der Waals surface area contributed by atoms with Gasteiger partial charge in [-0.1, -0.05) is 154 Å². The number of ether oxygens (including phenoxy) is 5. The lowest BCUT2D eigenvalue weighted by Gasteiger charge is -2.40. The Bertz CT molecular complexity index is 7510. The maximum Gasteiger partial charge on any atom is 0.414 e. The number of sulfonamides is 5. The van der Waals surface area contributed by atoms with E-state index in [0.717, 1.165) is 112 Å². The molecule has 11 aromatic carbocycles. The molecular formula is C104H108BrCl2FN10O22S6. The van der Waals surface area contributed by atoms with Gasteiger partial charge in [0.15, 0.2) is 9.84 Å². The Labute approximate surface area is 867 Å². The molecule has 32 nitrogen and oxygen atoms in total. The van der Waals surface area contributed by atoms with Crippen LogP contribution in [0.4, 0.5) is 56.8 Å². The van der Waals surface area contributed by atoms with Gasteiger partial charge in [0.05, 0.1) is 58.7 Å². The first-order valence-electron chi connectivity index (χ1n) is 47.7. The van der Waals surface area contributed by atoms with Gasteiger partial charge in [-0.15, -0.1) is 0 Å². The van der Waals surface area contributed by atoms with Gasteiger partial charge < -0.3 is 23.7 Å². The number of hydrogen-bond acceptors (Lipinski definition) is 22. The highest BCUT2D eigenvalue weighted by Gasteiger charge is 2.45. The summed E-state index contributed by atoms with van der Waals surface area (Å²) in [4.78, 5) is 71.5. The summed E-state index contributed by atoms with van der Waals surface area (Å²) in [5.74, 6) is -0.470. The summed E-state index contributed by atoms with van der Waals surface area (Å²) in [6, 6.07) is 66.5. The number of amides is 5. The lowest BCUT2D eigenvalue weighted by atomic mass is 10.00. The molecule has 5 amide bonds. The van der Waals surface area contributed by atoms with Gasteiger partial charge >= 0.3 is 30.5 Å². The molecule has 10 heterocycles. The Morgan fingerprint density at radius 2 is 0.603 bits per heavy atom. The molecule has 0 unspecified atom stereocenters. The largest absolute Gasteiger partial charge is 0.444 e. The number of piperidine rings is 5. The molecule has 146 heavy (non-hydrogen) atoms. The van der Waals surface area contributed by atoms with E-state index >= 15 is 0 Å². The standard InChI is InChI=1S/C24H24N2O4S.C21H24N2O4S.C20H21ClN2O6S2.C20H21FN2O4S.C19H18BrClN2O4S/c1-17-5-4-8-20-16-30-24(27)26(23(17)20)21-11-13-25(14-12-21)31(28,29)22-10-9-18-6-2-3-7-19(18)15-22;1-16-6-5-9-18-14-27-21(24)23(20(16)18)19-10-12-22(13-11-19)28(25,26)15-17-7-3-2-4-8-17;1-30(25,26)17-3-5-18(6-4-17)31(27,28)22-10-8-16(9-11-22)23-19-7-2-15(21)12-14(19)13-29-20(23)24;1-14-3-2-4-15-13-27-20(24)23(19(14)15)17-9-11-22(12-10-17)28(25,26)18-7-5-16(21)6-8-18;20-14-1-4-17(5-2-14)28(25,26)22-9-7-16(8-10-22)23-18-6-3-15(21)11-13(18)12-27-19(23)24/h2-10,15,21H,11-14,16H2,1H3;2-9,19H,10-15H2,1H3;2-7,12,16H,8-11,13H2,1H3;2-8,17H,9-13H2,1H3;1-6,11,16H,7-10,12H2. The zero-order chi connectivity index (χ0) is 103. The van der Waals surface area contributed by atoms with Gasteiger partial charge in [-0.05, 0) is 239 Å². The first-order valence-corrected chi connectivity index (χ1v) is 58.5. The predicted molar refractivity (Wildman–Crippen MR) is 555 cm³/mol. The molecule has 10 aliphatic rings. The third-order valence-corrected chi connectivity index (χ3v) is 39.3. The molecule has 5 fully saturated rings. The number of halogens is 4. The van der Waals surface area contributed by atoms with Crippen molar-refractivity contribution in [2.24, 2.45) is 0 Å². The minimum atomic E-state index is -3.77.